The minimum atomic E-state index is -4.63. The summed E-state index contributed by atoms with van der Waals surface area (Å²) in [6.07, 6.45) is -7.82. The number of nitrogens with zero attached hydrogens (tertiary/aromatic N) is 1. The highest BCUT2D eigenvalue weighted by atomic mass is 19.4. The Hall–Kier alpha value is -2.48. The maximum atomic E-state index is 13.4. The number of nitrogens with two attached hydrogens (primary N) is 1. The van der Waals surface area contributed by atoms with Gasteiger partial charge in [-0.2, -0.15) is 26.3 Å². The van der Waals surface area contributed by atoms with Gasteiger partial charge in [0.2, 0.25) is 0 Å². The SMILES string of the molecule is CC(C)Cn1cc([C@H](N)C(F)(F)F)c2ccc(-c3ccccc3C(F)(F)F)cc21. The summed E-state index contributed by atoms with van der Waals surface area (Å²) in [5, 5.41) is 0.281. The largest absolute Gasteiger partial charge is 0.417 e. The minimum absolute atomic E-state index is 0.0270. The third-order valence-corrected chi connectivity index (χ3v) is 4.71. The van der Waals surface area contributed by atoms with E-state index in [0.717, 1.165) is 6.07 Å². The van der Waals surface area contributed by atoms with Crippen molar-refractivity contribution in [1.29, 1.82) is 0 Å². The van der Waals surface area contributed by atoms with Crippen molar-refractivity contribution in [3.63, 3.8) is 0 Å². The van der Waals surface area contributed by atoms with Crippen molar-refractivity contribution in [1.82, 2.24) is 4.57 Å². The zero-order chi connectivity index (χ0) is 21.6. The molecule has 2 N–H and O–H groups in total. The molecule has 0 saturated carbocycles. The van der Waals surface area contributed by atoms with Gasteiger partial charge in [0, 0.05) is 29.2 Å². The highest BCUT2D eigenvalue weighted by Gasteiger charge is 2.39. The van der Waals surface area contributed by atoms with Crippen LogP contribution < -0.4 is 5.73 Å². The first kappa shape index (κ1) is 21.2. The van der Waals surface area contributed by atoms with Gasteiger partial charge in [-0.3, -0.25) is 0 Å². The third-order valence-electron chi connectivity index (χ3n) is 4.71. The number of benzene rings is 2. The highest BCUT2D eigenvalue weighted by Crippen LogP contribution is 2.40. The van der Waals surface area contributed by atoms with Crippen LogP contribution in [-0.2, 0) is 12.7 Å². The van der Waals surface area contributed by atoms with Crippen molar-refractivity contribution in [2.24, 2.45) is 11.7 Å². The molecule has 0 bridgehead atoms. The van der Waals surface area contributed by atoms with Crippen molar-refractivity contribution in [2.75, 3.05) is 0 Å². The molecule has 1 heterocycles. The molecule has 2 nitrogen and oxygen atoms in total. The molecule has 0 aliphatic carbocycles. The van der Waals surface area contributed by atoms with E-state index in [1.54, 1.807) is 4.57 Å². The Bertz CT molecular complexity index is 1010. The van der Waals surface area contributed by atoms with E-state index in [1.165, 1.54) is 42.6 Å². The molecule has 1 aromatic heterocycles. The predicted molar refractivity (Wildman–Crippen MR) is 100 cm³/mol. The lowest BCUT2D eigenvalue weighted by atomic mass is 9.97. The van der Waals surface area contributed by atoms with Gasteiger partial charge in [0.25, 0.3) is 0 Å². The van der Waals surface area contributed by atoms with E-state index in [1.807, 2.05) is 13.8 Å². The van der Waals surface area contributed by atoms with Crippen molar-refractivity contribution in [3.8, 4) is 11.1 Å². The molecule has 0 amide bonds. The maximum Gasteiger partial charge on any atom is 0.417 e. The summed E-state index contributed by atoms with van der Waals surface area (Å²) in [5.74, 6) is 0.117. The number of rotatable bonds is 4. The molecule has 3 rings (SSSR count). The van der Waals surface area contributed by atoms with Crippen molar-refractivity contribution in [2.45, 2.75) is 38.8 Å². The standard InChI is InChI=1S/C21H20F6N2/c1-12(2)10-29-11-16(19(28)21(25,26)27)15-8-7-13(9-18(15)29)14-5-3-4-6-17(14)20(22,23)24/h3-9,11-12,19H,10,28H2,1-2H3/t19-/m0/s1. The second-order valence-corrected chi connectivity index (χ2v) is 7.43. The van der Waals surface area contributed by atoms with Gasteiger partial charge in [0.05, 0.1) is 5.56 Å². The second-order valence-electron chi connectivity index (χ2n) is 7.43. The fraction of sp³-hybridized carbons (Fsp3) is 0.333. The summed E-state index contributed by atoms with van der Waals surface area (Å²) in [6.45, 7) is 4.21. The van der Waals surface area contributed by atoms with Crippen LogP contribution in [0.3, 0.4) is 0 Å². The summed E-state index contributed by atoms with van der Waals surface area (Å²) < 4.78 is 81.4. The smallest absolute Gasteiger partial charge is 0.347 e. The fourth-order valence-corrected chi connectivity index (χ4v) is 3.44. The Kier molecular flexibility index (Phi) is 5.42. The average Bonchev–Trinajstić information content (AvgIpc) is 2.96. The Morgan fingerprint density at radius 2 is 1.62 bits per heavy atom. The van der Waals surface area contributed by atoms with E-state index in [9.17, 15) is 26.3 Å². The quantitative estimate of drug-likeness (QED) is 0.483. The Labute approximate surface area is 163 Å². The summed E-state index contributed by atoms with van der Waals surface area (Å²) in [6, 6.07) is 7.26. The minimum Gasteiger partial charge on any atom is -0.347 e. The Balaban J connectivity index is 2.23. The van der Waals surface area contributed by atoms with E-state index in [-0.39, 0.29) is 28.0 Å². The molecule has 29 heavy (non-hydrogen) atoms. The van der Waals surface area contributed by atoms with Crippen LogP contribution in [0.2, 0.25) is 0 Å². The fourth-order valence-electron chi connectivity index (χ4n) is 3.44. The monoisotopic (exact) mass is 414 g/mol. The van der Waals surface area contributed by atoms with E-state index in [4.69, 9.17) is 5.73 Å². The summed E-state index contributed by atoms with van der Waals surface area (Å²) in [4.78, 5) is 0. The molecule has 0 aliphatic heterocycles. The van der Waals surface area contributed by atoms with E-state index in [0.29, 0.717) is 12.1 Å². The van der Waals surface area contributed by atoms with Crippen LogP contribution in [-0.4, -0.2) is 10.7 Å². The zero-order valence-corrected chi connectivity index (χ0v) is 15.8. The van der Waals surface area contributed by atoms with Crippen LogP contribution in [0.25, 0.3) is 22.0 Å². The third kappa shape index (κ3) is 4.27. The van der Waals surface area contributed by atoms with Gasteiger partial charge in [-0.25, -0.2) is 0 Å². The van der Waals surface area contributed by atoms with Gasteiger partial charge in [0.1, 0.15) is 6.04 Å². The van der Waals surface area contributed by atoms with Gasteiger partial charge in [-0.1, -0.05) is 44.2 Å². The highest BCUT2D eigenvalue weighted by molar-refractivity contribution is 5.89. The van der Waals surface area contributed by atoms with Crippen LogP contribution in [0.1, 0.15) is 31.0 Å². The molecule has 0 unspecified atom stereocenters. The number of fused-ring (bicyclic) bond motifs is 1. The number of hydrogen-bond acceptors (Lipinski definition) is 1. The number of halogens is 6. The molecule has 1 atom stereocenters. The van der Waals surface area contributed by atoms with Crippen LogP contribution in [0.4, 0.5) is 26.3 Å². The first-order valence-electron chi connectivity index (χ1n) is 9.01. The van der Waals surface area contributed by atoms with Crippen molar-refractivity contribution < 1.29 is 26.3 Å². The van der Waals surface area contributed by atoms with Crippen molar-refractivity contribution >= 4 is 10.9 Å². The van der Waals surface area contributed by atoms with Crippen LogP contribution in [0, 0.1) is 5.92 Å². The summed E-state index contributed by atoms with van der Waals surface area (Å²) in [5.41, 5.74) is 5.20. The van der Waals surface area contributed by atoms with Crippen LogP contribution >= 0.6 is 0 Å². The van der Waals surface area contributed by atoms with Crippen molar-refractivity contribution in [3.05, 3.63) is 59.8 Å². The van der Waals surface area contributed by atoms with Gasteiger partial charge in [-0.15, -0.1) is 0 Å². The number of hydrogen-bond donors (Lipinski definition) is 1. The number of alkyl halides is 6. The van der Waals surface area contributed by atoms with E-state index < -0.39 is 24.0 Å². The van der Waals surface area contributed by atoms with Crippen LogP contribution in [0.5, 0.6) is 0 Å². The molecule has 0 saturated heterocycles. The lowest BCUT2D eigenvalue weighted by Gasteiger charge is -2.15. The molecule has 0 radical (unpaired) electrons. The maximum absolute atomic E-state index is 13.4. The zero-order valence-electron chi connectivity index (χ0n) is 15.8. The van der Waals surface area contributed by atoms with E-state index >= 15 is 0 Å². The molecule has 8 heteroatoms. The Morgan fingerprint density at radius 1 is 0.966 bits per heavy atom. The average molecular weight is 414 g/mol. The lowest BCUT2D eigenvalue weighted by Crippen LogP contribution is -2.28. The molecular weight excluding hydrogens is 394 g/mol. The molecule has 0 aliphatic rings. The van der Waals surface area contributed by atoms with Gasteiger partial charge >= 0.3 is 12.4 Å². The molecule has 2 aromatic carbocycles. The lowest BCUT2D eigenvalue weighted by molar-refractivity contribution is -0.148. The Morgan fingerprint density at radius 3 is 2.21 bits per heavy atom. The summed E-state index contributed by atoms with van der Waals surface area (Å²) in [7, 11) is 0. The predicted octanol–water partition coefficient (Wildman–Crippen LogP) is 6.55. The first-order valence-corrected chi connectivity index (χ1v) is 9.01. The molecule has 3 aromatic rings. The second kappa shape index (κ2) is 7.40. The van der Waals surface area contributed by atoms with Crippen LogP contribution in [0.15, 0.2) is 48.7 Å². The normalized spacial score (nSPS) is 14.0. The molecule has 156 valence electrons. The topological polar surface area (TPSA) is 30.9 Å². The number of aromatic nitrogens is 1. The van der Waals surface area contributed by atoms with Gasteiger partial charge in [0.15, 0.2) is 0 Å². The summed E-state index contributed by atoms with van der Waals surface area (Å²) >= 11 is 0. The molecular formula is C21H20F6N2. The van der Waals surface area contributed by atoms with Gasteiger partial charge in [-0.05, 0) is 29.2 Å². The van der Waals surface area contributed by atoms with E-state index in [2.05, 4.69) is 0 Å². The molecule has 0 spiro atoms. The molecule has 0 fully saturated rings. The first-order chi connectivity index (χ1) is 13.4. The van der Waals surface area contributed by atoms with Gasteiger partial charge < -0.3 is 10.3 Å².